The number of rotatable bonds is 3. The van der Waals surface area contributed by atoms with Crippen LogP contribution in [-0.4, -0.2) is 23.1 Å². The SMILES string of the molecule is COc1ccc(C(=O)Nc2ccncc2Br)c(O)c1. The van der Waals surface area contributed by atoms with Gasteiger partial charge in [-0.25, -0.2) is 0 Å². The highest BCUT2D eigenvalue weighted by molar-refractivity contribution is 9.10. The molecule has 2 aromatic rings. The maximum atomic E-state index is 12.0. The number of carbonyl (C=O) groups is 1. The molecule has 5 nitrogen and oxygen atoms in total. The van der Waals surface area contributed by atoms with E-state index in [2.05, 4.69) is 26.2 Å². The Morgan fingerprint density at radius 3 is 2.84 bits per heavy atom. The molecule has 0 bridgehead atoms. The second-order valence-corrected chi connectivity index (χ2v) is 4.55. The molecular formula is C13H11BrN2O3. The molecule has 0 fully saturated rings. The number of hydrogen-bond acceptors (Lipinski definition) is 4. The molecule has 0 unspecified atom stereocenters. The van der Waals surface area contributed by atoms with Crippen LogP contribution in [0.4, 0.5) is 5.69 Å². The maximum Gasteiger partial charge on any atom is 0.259 e. The van der Waals surface area contributed by atoms with Crippen molar-refractivity contribution in [2.24, 2.45) is 0 Å². The van der Waals surface area contributed by atoms with Crippen molar-refractivity contribution in [2.75, 3.05) is 12.4 Å². The molecule has 0 aliphatic carbocycles. The zero-order valence-corrected chi connectivity index (χ0v) is 11.6. The van der Waals surface area contributed by atoms with Gasteiger partial charge in [0.2, 0.25) is 0 Å². The highest BCUT2D eigenvalue weighted by Crippen LogP contribution is 2.26. The number of halogens is 1. The Morgan fingerprint density at radius 2 is 2.21 bits per heavy atom. The van der Waals surface area contributed by atoms with Crippen molar-refractivity contribution in [2.45, 2.75) is 0 Å². The minimum atomic E-state index is -0.410. The molecule has 0 radical (unpaired) electrons. The lowest BCUT2D eigenvalue weighted by Crippen LogP contribution is -2.12. The molecular weight excluding hydrogens is 312 g/mol. The van der Waals surface area contributed by atoms with Crippen molar-refractivity contribution < 1.29 is 14.6 Å². The first-order valence-electron chi connectivity index (χ1n) is 5.39. The van der Waals surface area contributed by atoms with Gasteiger partial charge in [0.1, 0.15) is 11.5 Å². The molecule has 1 amide bonds. The molecule has 0 aliphatic rings. The number of aromatic hydroxyl groups is 1. The van der Waals surface area contributed by atoms with E-state index in [-0.39, 0.29) is 11.3 Å². The number of anilines is 1. The predicted molar refractivity (Wildman–Crippen MR) is 74.5 cm³/mol. The van der Waals surface area contributed by atoms with Gasteiger partial charge < -0.3 is 15.2 Å². The summed E-state index contributed by atoms with van der Waals surface area (Å²) in [4.78, 5) is 15.9. The largest absolute Gasteiger partial charge is 0.507 e. The number of nitrogens with zero attached hydrogens (tertiary/aromatic N) is 1. The summed E-state index contributed by atoms with van der Waals surface area (Å²) in [6.07, 6.45) is 3.14. The van der Waals surface area contributed by atoms with Gasteiger partial charge in [-0.05, 0) is 34.1 Å². The van der Waals surface area contributed by atoms with Crippen molar-refractivity contribution >= 4 is 27.5 Å². The van der Waals surface area contributed by atoms with Gasteiger partial charge in [-0.15, -0.1) is 0 Å². The van der Waals surface area contributed by atoms with Crippen LogP contribution in [0.3, 0.4) is 0 Å². The first-order valence-corrected chi connectivity index (χ1v) is 6.19. The molecule has 2 rings (SSSR count). The van der Waals surface area contributed by atoms with Crippen LogP contribution in [0.25, 0.3) is 0 Å². The zero-order valence-electron chi connectivity index (χ0n) is 10.1. The third-order valence-electron chi connectivity index (χ3n) is 2.47. The van der Waals surface area contributed by atoms with Gasteiger partial charge in [0.15, 0.2) is 0 Å². The van der Waals surface area contributed by atoms with E-state index in [1.54, 1.807) is 24.5 Å². The molecule has 0 atom stereocenters. The fourth-order valence-corrected chi connectivity index (χ4v) is 1.85. The van der Waals surface area contributed by atoms with Gasteiger partial charge in [0.05, 0.1) is 22.8 Å². The summed E-state index contributed by atoms with van der Waals surface area (Å²) in [5.74, 6) is -0.0618. The van der Waals surface area contributed by atoms with E-state index in [9.17, 15) is 9.90 Å². The van der Waals surface area contributed by atoms with E-state index in [0.29, 0.717) is 15.9 Å². The van der Waals surface area contributed by atoms with E-state index in [1.807, 2.05) is 0 Å². The number of pyridine rings is 1. The Bertz CT molecular complexity index is 617. The van der Waals surface area contributed by atoms with Gasteiger partial charge in [0, 0.05) is 18.5 Å². The molecule has 6 heteroatoms. The third-order valence-corrected chi connectivity index (χ3v) is 3.10. The molecule has 0 saturated heterocycles. The van der Waals surface area contributed by atoms with E-state index >= 15 is 0 Å². The van der Waals surface area contributed by atoms with Gasteiger partial charge in [-0.3, -0.25) is 9.78 Å². The summed E-state index contributed by atoms with van der Waals surface area (Å²) >= 11 is 3.28. The highest BCUT2D eigenvalue weighted by Gasteiger charge is 2.13. The lowest BCUT2D eigenvalue weighted by atomic mass is 10.1. The second-order valence-electron chi connectivity index (χ2n) is 3.69. The van der Waals surface area contributed by atoms with Crippen LogP contribution in [0.2, 0.25) is 0 Å². The van der Waals surface area contributed by atoms with Gasteiger partial charge >= 0.3 is 0 Å². The van der Waals surface area contributed by atoms with Crippen LogP contribution >= 0.6 is 15.9 Å². The smallest absolute Gasteiger partial charge is 0.259 e. The standard InChI is InChI=1S/C13H11BrN2O3/c1-19-8-2-3-9(12(17)6-8)13(18)16-11-4-5-15-7-10(11)14/h2-7,17H,1H3,(H,15,16,18). The Balaban J connectivity index is 2.23. The molecule has 0 saturated carbocycles. The molecule has 19 heavy (non-hydrogen) atoms. The molecule has 1 heterocycles. The van der Waals surface area contributed by atoms with Crippen molar-refractivity contribution in [1.29, 1.82) is 0 Å². The second kappa shape index (κ2) is 5.71. The van der Waals surface area contributed by atoms with Crippen LogP contribution in [0.5, 0.6) is 11.5 Å². The fourth-order valence-electron chi connectivity index (χ4n) is 1.50. The number of amides is 1. The number of nitrogens with one attached hydrogen (secondary N) is 1. The first kappa shape index (κ1) is 13.4. The minimum Gasteiger partial charge on any atom is -0.507 e. The van der Waals surface area contributed by atoms with Crippen LogP contribution < -0.4 is 10.1 Å². The van der Waals surface area contributed by atoms with E-state index in [4.69, 9.17) is 4.74 Å². The Hall–Kier alpha value is -2.08. The topological polar surface area (TPSA) is 71.5 Å². The Kier molecular flexibility index (Phi) is 4.01. The number of hydrogen-bond donors (Lipinski definition) is 2. The van der Waals surface area contributed by atoms with Gasteiger partial charge in [-0.1, -0.05) is 0 Å². The van der Waals surface area contributed by atoms with Crippen molar-refractivity contribution in [3.63, 3.8) is 0 Å². The van der Waals surface area contributed by atoms with Gasteiger partial charge in [0.25, 0.3) is 5.91 Å². The lowest BCUT2D eigenvalue weighted by molar-refractivity contribution is 0.102. The fraction of sp³-hybridized carbons (Fsp3) is 0.0769. The molecule has 2 N–H and O–H groups in total. The van der Waals surface area contributed by atoms with Gasteiger partial charge in [-0.2, -0.15) is 0 Å². The summed E-state index contributed by atoms with van der Waals surface area (Å²) in [6.45, 7) is 0. The van der Waals surface area contributed by atoms with Crippen molar-refractivity contribution in [1.82, 2.24) is 4.98 Å². The highest BCUT2D eigenvalue weighted by atomic mass is 79.9. The van der Waals surface area contributed by atoms with E-state index < -0.39 is 5.91 Å². The van der Waals surface area contributed by atoms with Crippen LogP contribution in [0, 0.1) is 0 Å². The maximum absolute atomic E-state index is 12.0. The number of benzene rings is 1. The lowest BCUT2D eigenvalue weighted by Gasteiger charge is -2.09. The summed E-state index contributed by atoms with van der Waals surface area (Å²) in [5, 5.41) is 12.5. The number of methoxy groups -OCH3 is 1. The minimum absolute atomic E-state index is 0.137. The van der Waals surface area contributed by atoms with Crippen LogP contribution in [0.1, 0.15) is 10.4 Å². The average Bonchev–Trinajstić information content (AvgIpc) is 2.41. The number of phenolic OH excluding ortho intramolecular Hbond substituents is 1. The quantitative estimate of drug-likeness (QED) is 0.911. The van der Waals surface area contributed by atoms with Crippen molar-refractivity contribution in [3.05, 3.63) is 46.7 Å². The molecule has 98 valence electrons. The number of ether oxygens (including phenoxy) is 1. The average molecular weight is 323 g/mol. The number of aromatic nitrogens is 1. The number of phenols is 1. The molecule has 0 spiro atoms. The van der Waals surface area contributed by atoms with Crippen molar-refractivity contribution in [3.8, 4) is 11.5 Å². The summed E-state index contributed by atoms with van der Waals surface area (Å²) in [7, 11) is 1.49. The van der Waals surface area contributed by atoms with Crippen LogP contribution in [0.15, 0.2) is 41.1 Å². The van der Waals surface area contributed by atoms with E-state index in [1.165, 1.54) is 19.2 Å². The normalized spacial score (nSPS) is 10.0. The summed E-state index contributed by atoms with van der Waals surface area (Å²) in [5.41, 5.74) is 0.750. The summed E-state index contributed by atoms with van der Waals surface area (Å²) < 4.78 is 5.62. The first-order chi connectivity index (χ1) is 9.11. The monoisotopic (exact) mass is 322 g/mol. The Morgan fingerprint density at radius 1 is 1.42 bits per heavy atom. The molecule has 0 aliphatic heterocycles. The zero-order chi connectivity index (χ0) is 13.8. The predicted octanol–water partition coefficient (Wildman–Crippen LogP) is 2.81. The van der Waals surface area contributed by atoms with E-state index in [0.717, 1.165) is 0 Å². The third kappa shape index (κ3) is 3.03. The molecule has 1 aromatic carbocycles. The summed E-state index contributed by atoms with van der Waals surface area (Å²) in [6, 6.07) is 6.15. The number of carbonyl (C=O) groups excluding carboxylic acids is 1. The Labute approximate surface area is 118 Å². The van der Waals surface area contributed by atoms with Crippen LogP contribution in [-0.2, 0) is 0 Å². The molecule has 1 aromatic heterocycles.